The van der Waals surface area contributed by atoms with E-state index in [0.29, 0.717) is 37.2 Å². The summed E-state index contributed by atoms with van der Waals surface area (Å²) in [5, 5.41) is 0. The van der Waals surface area contributed by atoms with E-state index in [0.717, 1.165) is 12.8 Å². The lowest BCUT2D eigenvalue weighted by Crippen LogP contribution is -2.47. The predicted molar refractivity (Wildman–Crippen MR) is 115 cm³/mol. The normalized spacial score (nSPS) is 16.8. The fraction of sp³-hybridized carbons (Fsp3) is 0.667. The van der Waals surface area contributed by atoms with Gasteiger partial charge in [0.2, 0.25) is 0 Å². The fourth-order valence-electron chi connectivity index (χ4n) is 3.24. The number of ether oxygens (including phenoxy) is 2. The van der Waals surface area contributed by atoms with E-state index in [2.05, 4.69) is 4.90 Å². The molecule has 1 aromatic carbocycles. The third-order valence-electron chi connectivity index (χ3n) is 4.98. The first-order valence-corrected chi connectivity index (χ1v) is 12.6. The fourth-order valence-corrected chi connectivity index (χ4v) is 4.10. The van der Waals surface area contributed by atoms with Crippen molar-refractivity contribution in [2.75, 3.05) is 45.8 Å². The summed E-state index contributed by atoms with van der Waals surface area (Å²) in [6.07, 6.45) is 4.70. The van der Waals surface area contributed by atoms with Gasteiger partial charge in [-0.3, -0.25) is 9.11 Å². The van der Waals surface area contributed by atoms with Gasteiger partial charge in [-0.25, -0.2) is 9.18 Å². The van der Waals surface area contributed by atoms with E-state index in [1.807, 2.05) is 27.8 Å². The Morgan fingerprint density at radius 1 is 1.28 bits per heavy atom. The lowest BCUT2D eigenvalue weighted by atomic mass is 10.0. The minimum absolute atomic E-state index is 0.176. The zero-order valence-electron chi connectivity index (χ0n) is 18.4. The Morgan fingerprint density at radius 2 is 1.90 bits per heavy atom. The monoisotopic (exact) mass is 430 g/mol. The summed E-state index contributed by atoms with van der Waals surface area (Å²) in [5.41, 5.74) is -0.485. The Morgan fingerprint density at radius 3 is 2.41 bits per heavy atom. The van der Waals surface area contributed by atoms with Crippen LogP contribution in [0.3, 0.4) is 0 Å². The number of amides is 1. The van der Waals surface area contributed by atoms with Crippen LogP contribution < -0.4 is 4.74 Å². The quantitative estimate of drug-likeness (QED) is 0.703. The molecule has 0 saturated carbocycles. The molecule has 0 unspecified atom stereocenters. The summed E-state index contributed by atoms with van der Waals surface area (Å²) in [6.45, 7) is 7.93. The van der Waals surface area contributed by atoms with Gasteiger partial charge in [0, 0.05) is 30.6 Å². The van der Waals surface area contributed by atoms with Gasteiger partial charge in [0.15, 0.2) is 11.6 Å². The Labute approximate surface area is 174 Å². The lowest BCUT2D eigenvalue weighted by Gasteiger charge is -2.37. The SMILES string of the molecule is CN(CCOc1ccc([SH](C)(C)=O)cc1F)C1CCN(C(=O)OC(C)(C)C)CC1. The first-order chi connectivity index (χ1) is 13.4. The highest BCUT2D eigenvalue weighted by molar-refractivity contribution is 8.01. The third-order valence-corrected chi connectivity index (χ3v) is 6.50. The summed E-state index contributed by atoms with van der Waals surface area (Å²) in [5.74, 6) is -0.310. The number of hydrogen-bond donors (Lipinski definition) is 1. The number of nitrogens with zero attached hydrogens (tertiary/aromatic N) is 2. The number of hydrogen-bond acceptors (Lipinski definition) is 5. The second-order valence-electron chi connectivity index (χ2n) is 8.99. The molecule has 1 fully saturated rings. The molecular weight excluding hydrogens is 395 g/mol. The molecule has 0 aromatic heterocycles. The van der Waals surface area contributed by atoms with Gasteiger partial charge in [0.1, 0.15) is 12.2 Å². The van der Waals surface area contributed by atoms with Gasteiger partial charge < -0.3 is 14.4 Å². The van der Waals surface area contributed by atoms with Crippen LogP contribution in [0, 0.1) is 5.82 Å². The summed E-state index contributed by atoms with van der Waals surface area (Å²) < 4.78 is 37.2. The molecule has 0 atom stereocenters. The van der Waals surface area contributed by atoms with Crippen LogP contribution in [-0.2, 0) is 14.7 Å². The van der Waals surface area contributed by atoms with Crippen LogP contribution in [0.4, 0.5) is 9.18 Å². The van der Waals surface area contributed by atoms with Crippen molar-refractivity contribution in [3.63, 3.8) is 0 Å². The van der Waals surface area contributed by atoms with Gasteiger partial charge in [-0.05, 0) is 71.4 Å². The molecule has 2 rings (SSSR count). The third kappa shape index (κ3) is 7.26. The second kappa shape index (κ2) is 9.43. The molecule has 29 heavy (non-hydrogen) atoms. The van der Waals surface area contributed by atoms with E-state index in [1.54, 1.807) is 29.5 Å². The Kier molecular flexibility index (Phi) is 7.67. The van der Waals surface area contributed by atoms with Gasteiger partial charge in [-0.1, -0.05) is 9.93 Å². The highest BCUT2D eigenvalue weighted by Crippen LogP contribution is 2.23. The smallest absolute Gasteiger partial charge is 0.410 e. The number of likely N-dealkylation sites (N-methyl/N-ethyl adjacent to an activating group) is 1. The second-order valence-corrected chi connectivity index (χ2v) is 12.2. The van der Waals surface area contributed by atoms with Crippen LogP contribution in [0.2, 0.25) is 0 Å². The zero-order valence-corrected chi connectivity index (χ0v) is 19.3. The van der Waals surface area contributed by atoms with E-state index in [4.69, 9.17) is 9.47 Å². The van der Waals surface area contributed by atoms with Gasteiger partial charge in [0.05, 0.1) is 0 Å². The Balaban J connectivity index is 1.77. The molecule has 1 saturated heterocycles. The van der Waals surface area contributed by atoms with Crippen molar-refractivity contribution < 1.29 is 22.9 Å². The highest BCUT2D eigenvalue weighted by Gasteiger charge is 2.28. The van der Waals surface area contributed by atoms with Gasteiger partial charge in [-0.15, -0.1) is 0 Å². The molecule has 6 nitrogen and oxygen atoms in total. The van der Waals surface area contributed by atoms with Crippen molar-refractivity contribution in [1.29, 1.82) is 0 Å². The topological polar surface area (TPSA) is 59.1 Å². The van der Waals surface area contributed by atoms with E-state index >= 15 is 0 Å². The molecule has 0 radical (unpaired) electrons. The van der Waals surface area contributed by atoms with E-state index in [9.17, 15) is 13.4 Å². The van der Waals surface area contributed by atoms with Crippen molar-refractivity contribution in [3.05, 3.63) is 24.0 Å². The van der Waals surface area contributed by atoms with Crippen molar-refractivity contribution in [2.45, 2.75) is 50.2 Å². The first kappa shape index (κ1) is 23.6. The molecule has 166 valence electrons. The molecule has 1 aromatic rings. The minimum atomic E-state index is -2.49. The molecule has 8 heteroatoms. The van der Waals surface area contributed by atoms with Crippen LogP contribution in [0.5, 0.6) is 5.75 Å². The average Bonchev–Trinajstić information content (AvgIpc) is 2.60. The molecule has 0 bridgehead atoms. The minimum Gasteiger partial charge on any atom is -0.489 e. The number of likely N-dealkylation sites (tertiary alicyclic amines) is 1. The van der Waals surface area contributed by atoms with Gasteiger partial charge in [-0.2, -0.15) is 0 Å². The Bertz CT molecular complexity index is 752. The van der Waals surface area contributed by atoms with Crippen LogP contribution in [-0.4, -0.2) is 77.5 Å². The van der Waals surface area contributed by atoms with Gasteiger partial charge >= 0.3 is 6.09 Å². The molecule has 0 spiro atoms. The van der Waals surface area contributed by atoms with Crippen LogP contribution in [0.15, 0.2) is 23.1 Å². The number of benzene rings is 1. The average molecular weight is 431 g/mol. The molecule has 1 aliphatic heterocycles. The molecular formula is C21H35FN2O4S. The van der Waals surface area contributed by atoms with Gasteiger partial charge in [0.25, 0.3) is 0 Å². The number of carbonyl (C=O) groups is 1. The molecule has 1 aliphatic rings. The number of piperidine rings is 1. The summed E-state index contributed by atoms with van der Waals surface area (Å²) in [4.78, 5) is 16.6. The van der Waals surface area contributed by atoms with E-state index in [1.165, 1.54) is 6.07 Å². The van der Waals surface area contributed by atoms with Crippen LogP contribution in [0.25, 0.3) is 0 Å². The largest absolute Gasteiger partial charge is 0.489 e. The molecule has 0 aliphatic carbocycles. The van der Waals surface area contributed by atoms with Crippen molar-refractivity contribution in [2.24, 2.45) is 0 Å². The van der Waals surface area contributed by atoms with Crippen molar-refractivity contribution in [1.82, 2.24) is 9.80 Å². The number of rotatable bonds is 6. The predicted octanol–water partition coefficient (Wildman–Crippen LogP) is 3.17. The maximum absolute atomic E-state index is 14.2. The summed E-state index contributed by atoms with van der Waals surface area (Å²) in [7, 11) is -0.475. The van der Waals surface area contributed by atoms with E-state index in [-0.39, 0.29) is 11.8 Å². The summed E-state index contributed by atoms with van der Waals surface area (Å²) in [6, 6.07) is 4.85. The molecule has 1 heterocycles. The first-order valence-electron chi connectivity index (χ1n) is 10.0. The number of halogens is 1. The van der Waals surface area contributed by atoms with E-state index < -0.39 is 21.4 Å². The Hall–Kier alpha value is -1.67. The van der Waals surface area contributed by atoms with Crippen molar-refractivity contribution >= 4 is 16.0 Å². The van der Waals surface area contributed by atoms with Crippen LogP contribution in [0.1, 0.15) is 33.6 Å². The maximum atomic E-state index is 14.2. The highest BCUT2D eigenvalue weighted by atomic mass is 32.2. The van der Waals surface area contributed by atoms with Crippen molar-refractivity contribution in [3.8, 4) is 5.75 Å². The van der Waals surface area contributed by atoms with Crippen LogP contribution >= 0.6 is 0 Å². The molecule has 1 amide bonds. The zero-order chi connectivity index (χ0) is 21.8. The summed E-state index contributed by atoms with van der Waals surface area (Å²) >= 11 is 0. The maximum Gasteiger partial charge on any atom is 0.410 e. The number of thiol groups is 1. The molecule has 0 N–H and O–H groups in total. The number of carbonyl (C=O) groups excluding carboxylic acids is 1. The standard InChI is InChI=1S/C21H35FN2O4S/c1-21(2,3)28-20(25)24-11-9-16(10-12-24)23(4)13-14-27-19-8-7-17(15-18(19)22)29(5,6)26/h7-8,15-16,29H,9-14H2,1-6H3. The lowest BCUT2D eigenvalue weighted by molar-refractivity contribution is 0.0151.